The first-order valence-electron chi connectivity index (χ1n) is 11.0. The average Bonchev–Trinajstić information content (AvgIpc) is 2.79. The molecule has 0 aliphatic rings. The van der Waals surface area contributed by atoms with Crippen molar-refractivity contribution in [3.05, 3.63) is 42.0 Å². The van der Waals surface area contributed by atoms with Gasteiger partial charge in [0.2, 0.25) is 10.0 Å². The van der Waals surface area contributed by atoms with Gasteiger partial charge < -0.3 is 14.7 Å². The summed E-state index contributed by atoms with van der Waals surface area (Å²) in [6.45, 7) is 5.25. The molecule has 2 N–H and O–H groups in total. The number of sulfone groups is 1. The van der Waals surface area contributed by atoms with Crippen LogP contribution in [0.2, 0.25) is 0 Å². The average molecular weight is 499 g/mol. The molecule has 0 spiro atoms. The molecule has 0 heterocycles. The van der Waals surface area contributed by atoms with Crippen LogP contribution in [0.3, 0.4) is 0 Å². The van der Waals surface area contributed by atoms with Crippen LogP contribution >= 0.6 is 0 Å². The SMILES string of the molecule is CCCCN(CCCC)c1cc(CO)cc(S(=O)(=O)NC)c1Oc1ccc(S(C)(=O)=O)cc1. The zero-order valence-electron chi connectivity index (χ0n) is 19.7. The summed E-state index contributed by atoms with van der Waals surface area (Å²) in [5.41, 5.74) is 1.03. The van der Waals surface area contributed by atoms with Crippen molar-refractivity contribution in [3.63, 3.8) is 0 Å². The lowest BCUT2D eigenvalue weighted by molar-refractivity contribution is 0.281. The molecule has 0 aliphatic heterocycles. The Balaban J connectivity index is 2.69. The third-order valence-corrected chi connectivity index (χ3v) is 7.76. The molecule has 10 heteroatoms. The molecule has 0 saturated heterocycles. The van der Waals surface area contributed by atoms with Crippen LogP contribution in [0.1, 0.15) is 45.1 Å². The summed E-state index contributed by atoms with van der Waals surface area (Å²) in [7, 11) is -5.98. The largest absolute Gasteiger partial charge is 0.454 e. The van der Waals surface area contributed by atoms with Gasteiger partial charge in [-0.05, 0) is 61.9 Å². The number of hydrogen-bond donors (Lipinski definition) is 2. The second kappa shape index (κ2) is 11.8. The fraction of sp³-hybridized carbons (Fsp3) is 0.478. The lowest BCUT2D eigenvalue weighted by Crippen LogP contribution is -2.27. The van der Waals surface area contributed by atoms with Crippen molar-refractivity contribution in [1.29, 1.82) is 0 Å². The van der Waals surface area contributed by atoms with E-state index in [0.717, 1.165) is 31.9 Å². The first kappa shape index (κ1) is 27.1. The molecular formula is C23H34N2O6S2. The lowest BCUT2D eigenvalue weighted by Gasteiger charge is -2.28. The van der Waals surface area contributed by atoms with Gasteiger partial charge in [0.1, 0.15) is 10.6 Å². The molecule has 2 aromatic carbocycles. The van der Waals surface area contributed by atoms with Gasteiger partial charge in [-0.2, -0.15) is 0 Å². The van der Waals surface area contributed by atoms with E-state index in [4.69, 9.17) is 4.74 Å². The highest BCUT2D eigenvalue weighted by atomic mass is 32.2. The maximum Gasteiger partial charge on any atom is 0.244 e. The second-order valence-corrected chi connectivity index (χ2v) is 11.7. The van der Waals surface area contributed by atoms with Gasteiger partial charge in [-0.25, -0.2) is 21.6 Å². The highest BCUT2D eigenvalue weighted by Crippen LogP contribution is 2.40. The number of anilines is 1. The molecule has 33 heavy (non-hydrogen) atoms. The molecule has 8 nitrogen and oxygen atoms in total. The lowest BCUT2D eigenvalue weighted by atomic mass is 10.1. The highest BCUT2D eigenvalue weighted by Gasteiger charge is 2.26. The predicted molar refractivity (Wildman–Crippen MR) is 130 cm³/mol. The van der Waals surface area contributed by atoms with Gasteiger partial charge in [0, 0.05) is 19.3 Å². The van der Waals surface area contributed by atoms with Crippen molar-refractivity contribution < 1.29 is 26.7 Å². The molecule has 0 radical (unpaired) electrons. The van der Waals surface area contributed by atoms with E-state index in [1.54, 1.807) is 6.07 Å². The van der Waals surface area contributed by atoms with E-state index in [2.05, 4.69) is 23.5 Å². The number of aliphatic hydroxyl groups is 1. The number of nitrogens with one attached hydrogen (secondary N) is 1. The maximum atomic E-state index is 12.9. The fourth-order valence-electron chi connectivity index (χ4n) is 3.30. The van der Waals surface area contributed by atoms with Gasteiger partial charge in [0.25, 0.3) is 0 Å². The smallest absolute Gasteiger partial charge is 0.244 e. The molecule has 0 bridgehead atoms. The van der Waals surface area contributed by atoms with Crippen LogP contribution in [-0.2, 0) is 26.5 Å². The van der Waals surface area contributed by atoms with E-state index in [0.29, 0.717) is 30.1 Å². The Hall–Kier alpha value is -2.14. The molecule has 0 unspecified atom stereocenters. The molecule has 0 aromatic heterocycles. The van der Waals surface area contributed by atoms with Gasteiger partial charge in [0.05, 0.1) is 17.2 Å². The molecule has 0 aliphatic carbocycles. The number of rotatable bonds is 13. The number of benzene rings is 2. The summed E-state index contributed by atoms with van der Waals surface area (Å²) in [5.74, 6) is 0.444. The summed E-state index contributed by atoms with van der Waals surface area (Å²) in [4.78, 5) is 2.14. The first-order valence-corrected chi connectivity index (χ1v) is 14.4. The van der Waals surface area contributed by atoms with Crippen molar-refractivity contribution in [2.45, 2.75) is 55.9 Å². The minimum absolute atomic E-state index is 0.0864. The third-order valence-electron chi connectivity index (χ3n) is 5.21. The summed E-state index contributed by atoms with van der Waals surface area (Å²) in [6.07, 6.45) is 4.86. The monoisotopic (exact) mass is 498 g/mol. The Morgan fingerprint density at radius 3 is 2.00 bits per heavy atom. The van der Waals surface area contributed by atoms with Gasteiger partial charge in [-0.3, -0.25) is 0 Å². The first-order chi connectivity index (χ1) is 15.6. The van der Waals surface area contributed by atoms with Crippen LogP contribution in [0, 0.1) is 0 Å². The van der Waals surface area contributed by atoms with E-state index in [9.17, 15) is 21.9 Å². The zero-order chi connectivity index (χ0) is 24.6. The molecular weight excluding hydrogens is 464 g/mol. The Kier molecular flexibility index (Phi) is 9.71. The van der Waals surface area contributed by atoms with Crippen molar-refractivity contribution >= 4 is 25.5 Å². The van der Waals surface area contributed by atoms with Crippen molar-refractivity contribution in [2.24, 2.45) is 0 Å². The van der Waals surface area contributed by atoms with Gasteiger partial charge in [-0.15, -0.1) is 0 Å². The zero-order valence-corrected chi connectivity index (χ0v) is 21.3. The summed E-state index contributed by atoms with van der Waals surface area (Å²) >= 11 is 0. The number of unbranched alkanes of at least 4 members (excludes halogenated alkanes) is 2. The Labute approximate surface area is 197 Å². The number of nitrogens with zero attached hydrogens (tertiary/aromatic N) is 1. The van der Waals surface area contributed by atoms with Crippen LogP contribution in [0.25, 0.3) is 0 Å². The Bertz CT molecular complexity index is 1120. The Morgan fingerprint density at radius 1 is 0.970 bits per heavy atom. The minimum atomic E-state index is -3.92. The van der Waals surface area contributed by atoms with Gasteiger partial charge in [0.15, 0.2) is 15.6 Å². The molecule has 2 aromatic rings. The van der Waals surface area contributed by atoms with Crippen LogP contribution < -0.4 is 14.4 Å². The van der Waals surface area contributed by atoms with Crippen LogP contribution in [0.5, 0.6) is 11.5 Å². The minimum Gasteiger partial charge on any atom is -0.454 e. The summed E-state index contributed by atoms with van der Waals surface area (Å²) < 4.78 is 57.8. The molecule has 0 saturated carbocycles. The van der Waals surface area contributed by atoms with E-state index in [1.807, 2.05) is 0 Å². The molecule has 184 valence electrons. The van der Waals surface area contributed by atoms with Gasteiger partial charge >= 0.3 is 0 Å². The number of ether oxygens (including phenoxy) is 1. The second-order valence-electron chi connectivity index (χ2n) is 7.85. The predicted octanol–water partition coefficient (Wildman–Crippen LogP) is 3.69. The van der Waals surface area contributed by atoms with Gasteiger partial charge in [-0.1, -0.05) is 26.7 Å². The van der Waals surface area contributed by atoms with Crippen LogP contribution in [0.15, 0.2) is 46.2 Å². The molecule has 0 atom stereocenters. The molecule has 2 rings (SSSR count). The van der Waals surface area contributed by atoms with E-state index in [-0.39, 0.29) is 22.1 Å². The standard InChI is InChI=1S/C23H34N2O6S2/c1-5-7-13-25(14-8-6-2)21-15-18(17-26)16-22(33(29,30)24-3)23(21)31-19-9-11-20(12-10-19)32(4,27)28/h9-12,15-16,24,26H,5-8,13-14,17H2,1-4H3. The van der Waals surface area contributed by atoms with Crippen molar-refractivity contribution in [3.8, 4) is 11.5 Å². The summed E-state index contributed by atoms with van der Waals surface area (Å²) in [6, 6.07) is 8.99. The van der Waals surface area contributed by atoms with E-state index in [1.165, 1.54) is 37.4 Å². The van der Waals surface area contributed by atoms with E-state index < -0.39 is 19.9 Å². The maximum absolute atomic E-state index is 12.9. The number of hydrogen-bond acceptors (Lipinski definition) is 7. The summed E-state index contributed by atoms with van der Waals surface area (Å²) in [5, 5.41) is 9.81. The normalized spacial score (nSPS) is 12.0. The van der Waals surface area contributed by atoms with Crippen LogP contribution in [-0.4, -0.2) is 48.3 Å². The third kappa shape index (κ3) is 7.17. The van der Waals surface area contributed by atoms with Crippen LogP contribution in [0.4, 0.5) is 5.69 Å². The highest BCUT2D eigenvalue weighted by molar-refractivity contribution is 7.90. The number of aliphatic hydroxyl groups excluding tert-OH is 1. The quantitative estimate of drug-likeness (QED) is 0.433. The number of sulfonamides is 1. The van der Waals surface area contributed by atoms with Crippen molar-refractivity contribution in [1.82, 2.24) is 4.72 Å². The fourth-order valence-corrected chi connectivity index (χ4v) is 4.85. The van der Waals surface area contributed by atoms with Crippen molar-refractivity contribution in [2.75, 3.05) is 31.3 Å². The topological polar surface area (TPSA) is 113 Å². The molecule has 0 fully saturated rings. The van der Waals surface area contributed by atoms with E-state index >= 15 is 0 Å². The molecule has 0 amide bonds. The Morgan fingerprint density at radius 2 is 1.55 bits per heavy atom.